The molecule has 0 spiro atoms. The molecule has 2 saturated heterocycles. The molecule has 4 atom stereocenters. The molecule has 2 aromatic rings. The molecule has 5 rings (SSSR count). The molecule has 10 nitrogen and oxygen atoms in total. The van der Waals surface area contributed by atoms with Crippen LogP contribution in [0.1, 0.15) is 64.8 Å². The molecule has 3 heterocycles. The van der Waals surface area contributed by atoms with Gasteiger partial charge in [-0.05, 0) is 56.2 Å². The fraction of sp³-hybridized carbons (Fsp3) is 0.433. The first kappa shape index (κ1) is 28.8. The third-order valence-corrected chi connectivity index (χ3v) is 9.14. The van der Waals surface area contributed by atoms with E-state index in [0.29, 0.717) is 49.0 Å². The Bertz CT molecular complexity index is 1290. The van der Waals surface area contributed by atoms with Gasteiger partial charge in [0.25, 0.3) is 11.8 Å². The van der Waals surface area contributed by atoms with Crippen LogP contribution in [0.5, 0.6) is 0 Å². The van der Waals surface area contributed by atoms with Gasteiger partial charge in [0, 0.05) is 12.3 Å². The van der Waals surface area contributed by atoms with Crippen molar-refractivity contribution in [3.8, 4) is 0 Å². The second kappa shape index (κ2) is 12.9. The van der Waals surface area contributed by atoms with Crippen molar-refractivity contribution in [3.63, 3.8) is 0 Å². The molecule has 41 heavy (non-hydrogen) atoms. The van der Waals surface area contributed by atoms with Crippen LogP contribution in [0.3, 0.4) is 0 Å². The maximum Gasteiger partial charge on any atom is 0.327 e. The Morgan fingerprint density at radius 1 is 0.976 bits per heavy atom. The number of fused-ring (bicyclic) bond motifs is 2. The number of esters is 1. The largest absolute Gasteiger partial charge is 0.480 e. The van der Waals surface area contributed by atoms with E-state index in [1.165, 1.54) is 21.6 Å². The van der Waals surface area contributed by atoms with Crippen molar-refractivity contribution in [2.75, 3.05) is 12.3 Å². The highest BCUT2D eigenvalue weighted by molar-refractivity contribution is 8.00. The van der Waals surface area contributed by atoms with E-state index in [-0.39, 0.29) is 36.2 Å². The van der Waals surface area contributed by atoms with Crippen LogP contribution in [0.4, 0.5) is 0 Å². The number of nitrogens with one attached hydrogen (secondary N) is 1. The van der Waals surface area contributed by atoms with E-state index < -0.39 is 30.1 Å². The Morgan fingerprint density at radius 2 is 1.66 bits per heavy atom. The number of nitrogens with zero attached hydrogens (tertiary/aromatic N) is 2. The summed E-state index contributed by atoms with van der Waals surface area (Å²) in [5.41, 5.74) is 1.62. The molecular formula is C30H33N3O7S. The van der Waals surface area contributed by atoms with Crippen LogP contribution in [0.15, 0.2) is 54.6 Å². The van der Waals surface area contributed by atoms with Crippen molar-refractivity contribution in [1.29, 1.82) is 0 Å². The monoisotopic (exact) mass is 579 g/mol. The number of carbonyl (C=O) groups is 5. The predicted molar refractivity (Wildman–Crippen MR) is 151 cm³/mol. The fourth-order valence-corrected chi connectivity index (χ4v) is 7.08. The third kappa shape index (κ3) is 6.31. The van der Waals surface area contributed by atoms with Crippen molar-refractivity contribution in [2.24, 2.45) is 0 Å². The van der Waals surface area contributed by atoms with Gasteiger partial charge in [0.2, 0.25) is 5.91 Å². The summed E-state index contributed by atoms with van der Waals surface area (Å²) in [5, 5.41) is 12.7. The Hall–Kier alpha value is -3.70. The molecule has 0 bridgehead atoms. The Labute approximate surface area is 242 Å². The molecule has 11 heteroatoms. The second-order valence-corrected chi connectivity index (χ2v) is 11.7. The van der Waals surface area contributed by atoms with Crippen LogP contribution in [0.2, 0.25) is 0 Å². The summed E-state index contributed by atoms with van der Waals surface area (Å²) in [5.74, 6) is -2.14. The van der Waals surface area contributed by atoms with Gasteiger partial charge in [-0.3, -0.25) is 29.4 Å². The summed E-state index contributed by atoms with van der Waals surface area (Å²) in [6.45, 7) is 0.297. The van der Waals surface area contributed by atoms with Gasteiger partial charge in [0.1, 0.15) is 18.7 Å². The topological polar surface area (TPSA) is 133 Å². The number of thioether (sulfide) groups is 1. The van der Waals surface area contributed by atoms with E-state index in [2.05, 4.69) is 5.32 Å². The van der Waals surface area contributed by atoms with Gasteiger partial charge in [-0.1, -0.05) is 42.5 Å². The van der Waals surface area contributed by atoms with E-state index in [4.69, 9.17) is 4.74 Å². The standard InChI is InChI=1S/C30H33N3O7S/c34-26-20-11-4-5-12-21(20)27(35)32(26)16-7-6-13-23(30(39)40-17-19-9-2-1-3-10-19)31-22-14-8-15-25-33(28(22)36)24(18-41-25)29(37)38/h1-5,9-12,22-25,31H,6-8,13-18H2,(H,37,38)/t22-,23?,24-,25+/m0/s1. The summed E-state index contributed by atoms with van der Waals surface area (Å²) in [7, 11) is 0. The minimum absolute atomic E-state index is 0.0808. The second-order valence-electron chi connectivity index (χ2n) is 10.5. The van der Waals surface area contributed by atoms with Crippen molar-refractivity contribution in [2.45, 2.75) is 68.6 Å². The van der Waals surface area contributed by atoms with Crippen molar-refractivity contribution in [3.05, 3.63) is 71.3 Å². The first-order valence-electron chi connectivity index (χ1n) is 13.9. The van der Waals surface area contributed by atoms with Crippen LogP contribution in [0.25, 0.3) is 0 Å². The van der Waals surface area contributed by atoms with Crippen LogP contribution in [0, 0.1) is 0 Å². The average molecular weight is 580 g/mol. The maximum absolute atomic E-state index is 13.5. The number of imide groups is 1. The summed E-state index contributed by atoms with van der Waals surface area (Å²) in [6.07, 6.45) is 3.18. The molecule has 0 saturated carbocycles. The molecule has 0 aliphatic carbocycles. The van der Waals surface area contributed by atoms with Crippen LogP contribution >= 0.6 is 11.8 Å². The molecule has 216 valence electrons. The van der Waals surface area contributed by atoms with Crippen molar-refractivity contribution in [1.82, 2.24) is 15.1 Å². The van der Waals surface area contributed by atoms with Crippen molar-refractivity contribution >= 4 is 41.4 Å². The van der Waals surface area contributed by atoms with Crippen LogP contribution in [-0.2, 0) is 25.7 Å². The zero-order valence-electron chi connectivity index (χ0n) is 22.6. The summed E-state index contributed by atoms with van der Waals surface area (Å²) in [4.78, 5) is 66.7. The molecule has 3 amide bonds. The normalized spacial score (nSPS) is 22.7. The predicted octanol–water partition coefficient (Wildman–Crippen LogP) is 3.06. The molecule has 1 unspecified atom stereocenters. The molecule has 2 fully saturated rings. The molecule has 2 aromatic carbocycles. The molecular weight excluding hydrogens is 546 g/mol. The van der Waals surface area contributed by atoms with Gasteiger partial charge in [0.05, 0.1) is 22.5 Å². The zero-order chi connectivity index (χ0) is 28.9. The number of unbranched alkanes of at least 4 members (excludes halogenated alkanes) is 1. The Morgan fingerprint density at radius 3 is 2.34 bits per heavy atom. The summed E-state index contributed by atoms with van der Waals surface area (Å²) >= 11 is 1.48. The van der Waals surface area contributed by atoms with Gasteiger partial charge in [-0.15, -0.1) is 11.8 Å². The highest BCUT2D eigenvalue weighted by atomic mass is 32.2. The average Bonchev–Trinajstić information content (AvgIpc) is 3.46. The lowest BCUT2D eigenvalue weighted by Gasteiger charge is -2.30. The van der Waals surface area contributed by atoms with E-state index in [9.17, 15) is 29.1 Å². The molecule has 3 aliphatic heterocycles. The number of aliphatic carboxylic acids is 1. The lowest BCUT2D eigenvalue weighted by Crippen LogP contribution is -2.55. The first-order chi connectivity index (χ1) is 19.8. The quantitative estimate of drug-likeness (QED) is 0.234. The number of carboxylic acid groups (broad SMARTS) is 1. The number of benzene rings is 2. The molecule has 2 N–H and O–H groups in total. The van der Waals surface area contributed by atoms with Gasteiger partial charge >= 0.3 is 11.9 Å². The lowest BCUT2D eigenvalue weighted by molar-refractivity contribution is -0.151. The van der Waals surface area contributed by atoms with E-state index in [1.807, 2.05) is 30.3 Å². The van der Waals surface area contributed by atoms with E-state index in [1.54, 1.807) is 24.3 Å². The zero-order valence-corrected chi connectivity index (χ0v) is 23.4. The first-order valence-corrected chi connectivity index (χ1v) is 15.0. The number of hydrogen-bond donors (Lipinski definition) is 2. The summed E-state index contributed by atoms with van der Waals surface area (Å²) in [6, 6.07) is 13.6. The van der Waals surface area contributed by atoms with E-state index in [0.717, 1.165) is 12.0 Å². The van der Waals surface area contributed by atoms with Gasteiger partial charge in [-0.2, -0.15) is 0 Å². The molecule has 3 aliphatic rings. The number of carbonyl (C=O) groups excluding carboxylic acids is 4. The van der Waals surface area contributed by atoms with Gasteiger partial charge in [-0.25, -0.2) is 4.79 Å². The minimum Gasteiger partial charge on any atom is -0.480 e. The maximum atomic E-state index is 13.5. The number of rotatable bonds is 11. The number of amides is 3. The fourth-order valence-electron chi connectivity index (χ4n) is 5.63. The highest BCUT2D eigenvalue weighted by Gasteiger charge is 2.45. The van der Waals surface area contributed by atoms with Crippen molar-refractivity contribution < 1.29 is 33.8 Å². The van der Waals surface area contributed by atoms with Crippen LogP contribution in [-0.4, -0.2) is 80.4 Å². The van der Waals surface area contributed by atoms with Crippen LogP contribution < -0.4 is 5.32 Å². The van der Waals surface area contributed by atoms with E-state index >= 15 is 0 Å². The Kier molecular flexibility index (Phi) is 9.04. The smallest absolute Gasteiger partial charge is 0.327 e. The SMILES string of the molecule is O=C(OCc1ccccc1)C(CCCCN1C(=O)c2ccccc2C1=O)N[C@H]1CCC[C@H]2SC[C@@H](C(=O)O)N2C1=O. The summed E-state index contributed by atoms with van der Waals surface area (Å²) < 4.78 is 5.61. The number of ether oxygens (including phenoxy) is 1. The molecule has 0 aromatic heterocycles. The molecule has 0 radical (unpaired) electrons. The minimum atomic E-state index is -1.03. The van der Waals surface area contributed by atoms with Gasteiger partial charge < -0.3 is 14.7 Å². The number of hydrogen-bond acceptors (Lipinski definition) is 8. The lowest BCUT2D eigenvalue weighted by atomic mass is 10.0. The Balaban J connectivity index is 1.23. The highest BCUT2D eigenvalue weighted by Crippen LogP contribution is 2.36. The third-order valence-electron chi connectivity index (χ3n) is 7.79. The number of carboxylic acids is 1. The van der Waals surface area contributed by atoms with Gasteiger partial charge in [0.15, 0.2) is 0 Å².